The minimum absolute atomic E-state index is 0.105. The van der Waals surface area contributed by atoms with E-state index in [0.29, 0.717) is 34.9 Å². The van der Waals surface area contributed by atoms with Gasteiger partial charge in [0.25, 0.3) is 5.56 Å². The molecule has 1 aliphatic heterocycles. The molecule has 3 rings (SSSR count). The van der Waals surface area contributed by atoms with Crippen LogP contribution in [0.15, 0.2) is 4.79 Å². The maximum absolute atomic E-state index is 12.7. The fourth-order valence-electron chi connectivity index (χ4n) is 3.02. The lowest BCUT2D eigenvalue weighted by Gasteiger charge is -2.20. The van der Waals surface area contributed by atoms with E-state index in [9.17, 15) is 9.59 Å². The Kier molecular flexibility index (Phi) is 3.56. The number of aryl methyl sites for hydroxylation is 3. The highest BCUT2D eigenvalue weighted by Gasteiger charge is 2.32. The van der Waals surface area contributed by atoms with Gasteiger partial charge in [0.1, 0.15) is 11.9 Å². The number of H-pyrrole nitrogens is 1. The third kappa shape index (κ3) is 2.35. The first-order valence-electron chi connectivity index (χ1n) is 7.42. The first-order valence-corrected chi connectivity index (χ1v) is 7.42. The molecule has 2 aromatic heterocycles. The number of nitrogens with two attached hydrogens (primary N) is 1. The predicted molar refractivity (Wildman–Crippen MR) is 83.5 cm³/mol. The van der Waals surface area contributed by atoms with Gasteiger partial charge in [-0.05, 0) is 20.8 Å². The fraction of sp³-hybridized carbons (Fsp3) is 0.467. The van der Waals surface area contributed by atoms with Gasteiger partial charge in [0, 0.05) is 18.3 Å². The summed E-state index contributed by atoms with van der Waals surface area (Å²) in [5.41, 5.74) is 9.47. The van der Waals surface area contributed by atoms with Gasteiger partial charge < -0.3 is 10.6 Å². The van der Waals surface area contributed by atoms with Gasteiger partial charge in [-0.15, -0.1) is 0 Å². The Hall–Kier alpha value is -2.48. The van der Waals surface area contributed by atoms with Crippen molar-refractivity contribution in [3.05, 3.63) is 44.4 Å². The van der Waals surface area contributed by atoms with Gasteiger partial charge in [0.2, 0.25) is 5.91 Å². The maximum atomic E-state index is 12.7. The van der Waals surface area contributed by atoms with E-state index in [1.165, 1.54) is 4.57 Å². The number of hydrogen-bond acceptors (Lipinski definition) is 5. The lowest BCUT2D eigenvalue weighted by atomic mass is 10.0. The number of aromatic amines is 1. The summed E-state index contributed by atoms with van der Waals surface area (Å²) in [6.07, 6.45) is 0. The molecule has 1 atom stereocenters. The average Bonchev–Trinajstić information content (AvgIpc) is 3.07. The molecule has 2 aromatic rings. The minimum Gasteiger partial charge on any atom is -0.331 e. The molecule has 0 saturated carbocycles. The zero-order chi connectivity index (χ0) is 16.9. The van der Waals surface area contributed by atoms with Crippen LogP contribution in [0.4, 0.5) is 0 Å². The molecule has 1 aliphatic rings. The van der Waals surface area contributed by atoms with E-state index >= 15 is 0 Å². The van der Waals surface area contributed by atoms with E-state index in [-0.39, 0.29) is 18.0 Å². The van der Waals surface area contributed by atoms with Crippen molar-refractivity contribution < 1.29 is 4.79 Å². The maximum Gasteiger partial charge on any atom is 0.258 e. The van der Waals surface area contributed by atoms with Crippen LogP contribution in [0.25, 0.3) is 0 Å². The number of carbonyl (C=O) groups is 1. The van der Waals surface area contributed by atoms with Gasteiger partial charge in [-0.2, -0.15) is 5.10 Å². The highest BCUT2D eigenvalue weighted by Crippen LogP contribution is 2.24. The van der Waals surface area contributed by atoms with Gasteiger partial charge in [0.15, 0.2) is 0 Å². The summed E-state index contributed by atoms with van der Waals surface area (Å²) in [6.45, 7) is 5.98. The molecular formula is C15H20N6O2. The number of aromatic nitrogens is 4. The Balaban J connectivity index is 1.89. The molecule has 0 unspecified atom stereocenters. The van der Waals surface area contributed by atoms with Gasteiger partial charge in [-0.1, -0.05) is 0 Å². The van der Waals surface area contributed by atoms with Gasteiger partial charge >= 0.3 is 0 Å². The molecule has 122 valence electrons. The molecule has 1 amide bonds. The molecule has 23 heavy (non-hydrogen) atoms. The number of rotatable bonds is 2. The topological polar surface area (TPSA) is 110 Å². The van der Waals surface area contributed by atoms with Crippen LogP contribution >= 0.6 is 0 Å². The largest absolute Gasteiger partial charge is 0.331 e. The van der Waals surface area contributed by atoms with E-state index < -0.39 is 6.04 Å². The smallest absolute Gasteiger partial charge is 0.258 e. The Morgan fingerprint density at radius 1 is 1.30 bits per heavy atom. The van der Waals surface area contributed by atoms with E-state index in [1.807, 2.05) is 13.8 Å². The van der Waals surface area contributed by atoms with Crippen LogP contribution in [-0.4, -0.2) is 30.6 Å². The van der Waals surface area contributed by atoms with Crippen molar-refractivity contribution in [3.63, 3.8) is 0 Å². The van der Waals surface area contributed by atoms with Crippen molar-refractivity contribution in [2.75, 3.05) is 0 Å². The van der Waals surface area contributed by atoms with Crippen LogP contribution in [0, 0.1) is 20.8 Å². The highest BCUT2D eigenvalue weighted by molar-refractivity contribution is 5.84. The molecule has 0 aromatic carbocycles. The van der Waals surface area contributed by atoms with Crippen molar-refractivity contribution in [2.24, 2.45) is 12.8 Å². The van der Waals surface area contributed by atoms with Crippen LogP contribution in [0.2, 0.25) is 0 Å². The summed E-state index contributed by atoms with van der Waals surface area (Å²) >= 11 is 0. The number of hydrogen-bond donors (Lipinski definition) is 2. The van der Waals surface area contributed by atoms with Crippen molar-refractivity contribution in [1.82, 2.24) is 24.6 Å². The second-order valence-corrected chi connectivity index (χ2v) is 5.97. The predicted octanol–water partition coefficient (Wildman–Crippen LogP) is -0.0291. The van der Waals surface area contributed by atoms with Crippen molar-refractivity contribution in [1.29, 1.82) is 0 Å². The summed E-state index contributed by atoms with van der Waals surface area (Å²) in [4.78, 5) is 31.0. The number of nitrogens with one attached hydrogen (secondary N) is 1. The monoisotopic (exact) mass is 316 g/mol. The normalized spacial score (nSPS) is 14.9. The van der Waals surface area contributed by atoms with Crippen LogP contribution in [0.5, 0.6) is 0 Å². The SMILES string of the molecule is Cc1n[nH]c(C)c1[C@H](N)C(=O)N1Cc2nc(C)n(C)c(=O)c2C1. The molecule has 8 nitrogen and oxygen atoms in total. The van der Waals surface area contributed by atoms with E-state index in [2.05, 4.69) is 15.2 Å². The number of amides is 1. The zero-order valence-corrected chi connectivity index (χ0v) is 13.7. The summed E-state index contributed by atoms with van der Waals surface area (Å²) in [7, 11) is 1.68. The molecule has 0 saturated heterocycles. The first-order chi connectivity index (χ1) is 10.8. The first kappa shape index (κ1) is 15.4. The van der Waals surface area contributed by atoms with Gasteiger partial charge in [-0.3, -0.25) is 19.3 Å². The molecule has 8 heteroatoms. The minimum atomic E-state index is -0.798. The van der Waals surface area contributed by atoms with E-state index in [4.69, 9.17) is 5.73 Å². The average molecular weight is 316 g/mol. The number of carbonyl (C=O) groups excluding carboxylic acids is 1. The van der Waals surface area contributed by atoms with Gasteiger partial charge in [-0.25, -0.2) is 4.98 Å². The third-order valence-electron chi connectivity index (χ3n) is 4.46. The summed E-state index contributed by atoms with van der Waals surface area (Å²) in [6, 6.07) is -0.798. The lowest BCUT2D eigenvalue weighted by Crippen LogP contribution is -2.36. The Labute approximate surface area is 133 Å². The number of nitrogens with zero attached hydrogens (tertiary/aromatic N) is 4. The number of fused-ring (bicyclic) bond motifs is 1. The molecule has 0 bridgehead atoms. The third-order valence-corrected chi connectivity index (χ3v) is 4.46. The van der Waals surface area contributed by atoms with Crippen molar-refractivity contribution in [2.45, 2.75) is 39.9 Å². The van der Waals surface area contributed by atoms with Crippen molar-refractivity contribution in [3.8, 4) is 0 Å². The quantitative estimate of drug-likeness (QED) is 0.808. The second-order valence-electron chi connectivity index (χ2n) is 5.97. The summed E-state index contributed by atoms with van der Waals surface area (Å²) < 4.78 is 1.50. The Morgan fingerprint density at radius 3 is 2.61 bits per heavy atom. The fourth-order valence-corrected chi connectivity index (χ4v) is 3.02. The Bertz CT molecular complexity index is 831. The summed E-state index contributed by atoms with van der Waals surface area (Å²) in [5, 5.41) is 6.92. The molecule has 0 radical (unpaired) electrons. The van der Waals surface area contributed by atoms with Crippen LogP contribution in [-0.2, 0) is 24.9 Å². The lowest BCUT2D eigenvalue weighted by molar-refractivity contribution is -0.133. The Morgan fingerprint density at radius 2 is 2.00 bits per heavy atom. The van der Waals surface area contributed by atoms with Crippen LogP contribution in [0.1, 0.15) is 40.1 Å². The standard InChI is InChI=1S/C15H20N6O2/c1-7-12(8(2)19-18-7)13(16)15(23)21-5-10-11(6-21)17-9(3)20(4)14(10)22/h13H,5-6,16H2,1-4H3,(H,18,19)/t13-/m0/s1. The van der Waals surface area contributed by atoms with Crippen LogP contribution in [0.3, 0.4) is 0 Å². The molecule has 0 spiro atoms. The van der Waals surface area contributed by atoms with Crippen molar-refractivity contribution >= 4 is 5.91 Å². The molecule has 0 aliphatic carbocycles. The summed E-state index contributed by atoms with van der Waals surface area (Å²) in [5.74, 6) is 0.407. The second kappa shape index (κ2) is 5.31. The zero-order valence-electron chi connectivity index (χ0n) is 13.7. The van der Waals surface area contributed by atoms with E-state index in [1.54, 1.807) is 18.9 Å². The van der Waals surface area contributed by atoms with Gasteiger partial charge in [0.05, 0.1) is 30.0 Å². The van der Waals surface area contributed by atoms with Crippen LogP contribution < -0.4 is 11.3 Å². The molecule has 3 heterocycles. The highest BCUT2D eigenvalue weighted by atomic mass is 16.2. The molecule has 0 fully saturated rings. The van der Waals surface area contributed by atoms with E-state index in [0.717, 1.165) is 5.69 Å². The molecular weight excluding hydrogens is 296 g/mol. The molecule has 3 N–H and O–H groups in total.